The Morgan fingerprint density at radius 1 is 0.339 bits per heavy atom. The lowest BCUT2D eigenvalue weighted by molar-refractivity contribution is 0.329. The van der Waals surface area contributed by atoms with Crippen molar-refractivity contribution in [2.75, 3.05) is 0 Å². The Morgan fingerprint density at radius 2 is 0.758 bits per heavy atom. The van der Waals surface area contributed by atoms with E-state index in [0.29, 0.717) is 43.8 Å². The average molecular weight is 849 g/mol. The number of phenols is 12. The highest BCUT2D eigenvalue weighted by atomic mass is 32.1. The van der Waals surface area contributed by atoms with Crippen LogP contribution in [0.25, 0.3) is 93.0 Å². The molecule has 17 heteroatoms. The zero-order valence-electron chi connectivity index (χ0n) is 31.3. The van der Waals surface area contributed by atoms with Crippen LogP contribution in [0.5, 0.6) is 69.0 Å². The van der Waals surface area contributed by atoms with Crippen molar-refractivity contribution in [3.05, 3.63) is 97.1 Å². The average Bonchev–Trinajstić information content (AvgIpc) is 3.87. The molecule has 0 radical (unpaired) electrons. The molecule has 3 heterocycles. The molecule has 10 rings (SSSR count). The number of aromatic hydroxyl groups is 12. The monoisotopic (exact) mass is 848 g/mol. The molecule has 0 saturated heterocycles. The summed E-state index contributed by atoms with van der Waals surface area (Å²) in [5.74, 6) is -13.9. The van der Waals surface area contributed by atoms with Gasteiger partial charge in [0.05, 0.1) is 27.6 Å². The first-order chi connectivity index (χ1) is 29.8. The molecule has 0 saturated carbocycles. The van der Waals surface area contributed by atoms with Crippen molar-refractivity contribution in [1.29, 1.82) is 0 Å². The summed E-state index contributed by atoms with van der Waals surface area (Å²) in [5.41, 5.74) is -1.08. The largest absolute Gasteiger partial charge is 0.506 e. The molecule has 0 aliphatic rings. The number of rotatable bonds is 5. The Hall–Kier alpha value is -8.83. The van der Waals surface area contributed by atoms with Gasteiger partial charge in [0.15, 0.2) is 52.0 Å². The maximum absolute atomic E-state index is 12.0. The van der Waals surface area contributed by atoms with Crippen molar-refractivity contribution < 1.29 is 61.3 Å². The molecule has 0 aliphatic heterocycles. The summed E-state index contributed by atoms with van der Waals surface area (Å²) >= 11 is 1.35. The molecule has 0 unspecified atom stereocenters. The van der Waals surface area contributed by atoms with E-state index in [1.165, 1.54) is 11.3 Å². The number of phenolic OH excluding ortho intramolecular Hbond substituents is 12. The summed E-state index contributed by atoms with van der Waals surface area (Å²) in [6.07, 6.45) is 0. The van der Waals surface area contributed by atoms with Crippen molar-refractivity contribution >= 4 is 53.3 Å². The summed E-state index contributed by atoms with van der Waals surface area (Å²) in [5, 5.41) is 133. The minimum atomic E-state index is -1.38. The summed E-state index contributed by atoms with van der Waals surface area (Å²) in [7, 11) is 0. The van der Waals surface area contributed by atoms with Gasteiger partial charge in [-0.25, -0.2) is 15.0 Å². The van der Waals surface area contributed by atoms with E-state index in [2.05, 4.69) is 0 Å². The SMILES string of the molecule is Oc1c(O)c(O)c(-c2c(O)c(O)c3c(c2O)c2c(O)c(O)c(O)c(O)c2n3-c2cccc3sc4cccc(-c5nc(-c6ccccc6)nc(-c6ccccc6)n5)c4c23)c(O)c1O. The molecule has 10 aromatic rings. The lowest BCUT2D eigenvalue weighted by Gasteiger charge is -2.17. The molecule has 0 bridgehead atoms. The van der Waals surface area contributed by atoms with E-state index in [9.17, 15) is 61.3 Å². The van der Waals surface area contributed by atoms with Crippen LogP contribution in [0.3, 0.4) is 0 Å². The third-order valence-corrected chi connectivity index (χ3v) is 11.9. The number of thiophene rings is 1. The zero-order valence-corrected chi connectivity index (χ0v) is 32.1. The molecule has 3 aromatic heterocycles. The minimum absolute atomic E-state index is 0.120. The molecule has 306 valence electrons. The van der Waals surface area contributed by atoms with E-state index < -0.39 is 102 Å². The highest BCUT2D eigenvalue weighted by Crippen LogP contribution is 2.63. The predicted molar refractivity (Wildman–Crippen MR) is 229 cm³/mol. The van der Waals surface area contributed by atoms with Gasteiger partial charge < -0.3 is 65.8 Å². The lowest BCUT2D eigenvalue weighted by Crippen LogP contribution is -2.00. The topological polar surface area (TPSA) is 286 Å². The van der Waals surface area contributed by atoms with E-state index in [1.54, 1.807) is 24.3 Å². The highest BCUT2D eigenvalue weighted by Gasteiger charge is 2.36. The second kappa shape index (κ2) is 13.3. The smallest absolute Gasteiger partial charge is 0.208 e. The molecule has 62 heavy (non-hydrogen) atoms. The van der Waals surface area contributed by atoms with Crippen molar-refractivity contribution in [2.45, 2.75) is 0 Å². The molecule has 16 nitrogen and oxygen atoms in total. The van der Waals surface area contributed by atoms with Crippen molar-refractivity contribution in [2.24, 2.45) is 0 Å². The highest BCUT2D eigenvalue weighted by molar-refractivity contribution is 7.26. The standard InChI is InChI=1S/C45H28N4O12S/c50-31-25-26-30(37(56)41(60)38(57)32(26)51)49(29(25)36(55)33(52)27(31)28-34(53)39(58)42(61)40(59)35(28)54)20-14-8-16-22-24(20)23-19(13-7-15-21(23)62-22)45-47-43(17-9-3-1-4-10-17)46-44(48-45)18-11-5-2-6-12-18/h1-16,50-61H. The quantitative estimate of drug-likeness (QED) is 0.0571. The second-order valence-corrected chi connectivity index (χ2v) is 15.3. The van der Waals surface area contributed by atoms with Gasteiger partial charge in [0.1, 0.15) is 16.8 Å². The number of hydrogen-bond acceptors (Lipinski definition) is 16. The van der Waals surface area contributed by atoms with Crippen LogP contribution >= 0.6 is 11.3 Å². The van der Waals surface area contributed by atoms with Crippen LogP contribution in [-0.2, 0) is 0 Å². The summed E-state index contributed by atoms with van der Waals surface area (Å²) in [6.45, 7) is 0. The molecule has 7 aromatic carbocycles. The molecule has 0 atom stereocenters. The normalized spacial score (nSPS) is 11.7. The van der Waals surface area contributed by atoms with Gasteiger partial charge in [-0.15, -0.1) is 11.3 Å². The summed E-state index contributed by atoms with van der Waals surface area (Å²) in [4.78, 5) is 14.7. The maximum Gasteiger partial charge on any atom is 0.208 e. The Labute approximate surface area is 350 Å². The Bertz CT molecular complexity index is 3470. The molecule has 12 N–H and O–H groups in total. The Kier molecular flexibility index (Phi) is 8.06. The summed E-state index contributed by atoms with van der Waals surface area (Å²) in [6, 6.07) is 29.1. The first kappa shape index (κ1) is 37.4. The summed E-state index contributed by atoms with van der Waals surface area (Å²) < 4.78 is 2.46. The van der Waals surface area contributed by atoms with Crippen LogP contribution in [0.15, 0.2) is 97.1 Å². The van der Waals surface area contributed by atoms with Crippen LogP contribution in [-0.4, -0.2) is 80.8 Å². The molecule has 0 aliphatic carbocycles. The van der Waals surface area contributed by atoms with E-state index in [0.717, 1.165) is 9.27 Å². The number of benzene rings is 7. The van der Waals surface area contributed by atoms with E-state index in [4.69, 9.17) is 15.0 Å². The predicted octanol–water partition coefficient (Wildman–Crippen LogP) is 8.47. The second-order valence-electron chi connectivity index (χ2n) is 14.2. The van der Waals surface area contributed by atoms with Gasteiger partial charge >= 0.3 is 0 Å². The first-order valence-electron chi connectivity index (χ1n) is 18.4. The number of nitrogens with zero attached hydrogens (tertiary/aromatic N) is 4. The van der Waals surface area contributed by atoms with E-state index in [-0.39, 0.29) is 11.5 Å². The maximum atomic E-state index is 12.0. The molecule has 0 amide bonds. The number of fused-ring (bicyclic) bond motifs is 6. The van der Waals surface area contributed by atoms with Gasteiger partial charge in [-0.05, 0) is 18.2 Å². The third-order valence-electron chi connectivity index (χ3n) is 10.8. The lowest BCUT2D eigenvalue weighted by atomic mass is 9.96. The Morgan fingerprint density at radius 3 is 1.34 bits per heavy atom. The van der Waals surface area contributed by atoms with Crippen molar-refractivity contribution in [1.82, 2.24) is 19.5 Å². The van der Waals surface area contributed by atoms with Crippen LogP contribution in [0.2, 0.25) is 0 Å². The fourth-order valence-electron chi connectivity index (χ4n) is 7.95. The fourth-order valence-corrected chi connectivity index (χ4v) is 9.11. The fraction of sp³-hybridized carbons (Fsp3) is 0. The Balaban J connectivity index is 1.35. The van der Waals surface area contributed by atoms with E-state index >= 15 is 0 Å². The third kappa shape index (κ3) is 5.08. The number of hydrogen-bond donors (Lipinski definition) is 12. The van der Waals surface area contributed by atoms with Crippen LogP contribution < -0.4 is 0 Å². The van der Waals surface area contributed by atoms with Crippen LogP contribution in [0.4, 0.5) is 0 Å². The number of aromatic nitrogens is 4. The van der Waals surface area contributed by atoms with Gasteiger partial charge in [0.2, 0.25) is 28.7 Å². The van der Waals surface area contributed by atoms with E-state index in [1.807, 2.05) is 72.8 Å². The van der Waals surface area contributed by atoms with Gasteiger partial charge in [-0.1, -0.05) is 78.9 Å². The molecular weight excluding hydrogens is 821 g/mol. The zero-order chi connectivity index (χ0) is 43.5. The van der Waals surface area contributed by atoms with Gasteiger partial charge in [-0.2, -0.15) is 0 Å². The molecule has 0 fully saturated rings. The van der Waals surface area contributed by atoms with Gasteiger partial charge in [-0.3, -0.25) is 0 Å². The van der Waals surface area contributed by atoms with Gasteiger partial charge in [0, 0.05) is 36.9 Å². The van der Waals surface area contributed by atoms with Crippen molar-refractivity contribution in [3.8, 4) is 120 Å². The molecular formula is C45H28N4O12S. The molecule has 0 spiro atoms. The van der Waals surface area contributed by atoms with Gasteiger partial charge in [0.25, 0.3) is 0 Å². The van der Waals surface area contributed by atoms with Crippen molar-refractivity contribution in [3.63, 3.8) is 0 Å². The first-order valence-corrected chi connectivity index (χ1v) is 19.2. The minimum Gasteiger partial charge on any atom is -0.506 e. The van der Waals surface area contributed by atoms with Crippen LogP contribution in [0, 0.1) is 0 Å². The van der Waals surface area contributed by atoms with Crippen LogP contribution in [0.1, 0.15) is 0 Å².